The van der Waals surface area contributed by atoms with Crippen molar-refractivity contribution in [3.05, 3.63) is 302 Å². The Labute approximate surface area is 440 Å². The molecule has 0 aromatic heterocycles. The number of anilines is 6. The van der Waals surface area contributed by atoms with Crippen LogP contribution in [0.1, 0.15) is 25.0 Å². The summed E-state index contributed by atoms with van der Waals surface area (Å²) in [5, 5.41) is 2.44. The average Bonchev–Trinajstić information content (AvgIpc) is 3.78. The highest BCUT2D eigenvalue weighted by molar-refractivity contribution is 5.97. The average molecular weight is 959 g/mol. The molecule has 13 rings (SSSR count). The van der Waals surface area contributed by atoms with Crippen LogP contribution in [0.5, 0.6) is 0 Å². The van der Waals surface area contributed by atoms with Gasteiger partial charge in [-0.15, -0.1) is 0 Å². The van der Waals surface area contributed by atoms with Crippen molar-refractivity contribution in [1.82, 2.24) is 0 Å². The Kier molecular flexibility index (Phi) is 11.6. The second-order valence-electron chi connectivity index (χ2n) is 20.1. The van der Waals surface area contributed by atoms with Crippen molar-refractivity contribution in [3.8, 4) is 66.8 Å². The fourth-order valence-corrected chi connectivity index (χ4v) is 11.4. The van der Waals surface area contributed by atoms with Crippen molar-refractivity contribution in [2.45, 2.75) is 19.3 Å². The van der Waals surface area contributed by atoms with Gasteiger partial charge in [-0.05, 0) is 174 Å². The third-order valence-electron chi connectivity index (χ3n) is 15.3. The first-order valence-corrected chi connectivity index (χ1v) is 26.0. The number of nitrogens with zero attached hydrogens (tertiary/aromatic N) is 2. The molecule has 356 valence electrons. The predicted molar refractivity (Wildman–Crippen MR) is 318 cm³/mol. The molecule has 1 aliphatic carbocycles. The minimum Gasteiger partial charge on any atom is -0.311 e. The van der Waals surface area contributed by atoms with E-state index in [1.54, 1.807) is 0 Å². The number of hydrogen-bond acceptors (Lipinski definition) is 2. The van der Waals surface area contributed by atoms with Crippen LogP contribution in [-0.4, -0.2) is 0 Å². The zero-order valence-electron chi connectivity index (χ0n) is 42.1. The minimum atomic E-state index is -0.127. The lowest BCUT2D eigenvalue weighted by Gasteiger charge is -2.28. The summed E-state index contributed by atoms with van der Waals surface area (Å²) in [7, 11) is 0. The molecule has 2 heteroatoms. The molecule has 2 nitrogen and oxygen atoms in total. The van der Waals surface area contributed by atoms with Gasteiger partial charge in [0.2, 0.25) is 0 Å². The first-order valence-electron chi connectivity index (χ1n) is 26.0. The maximum Gasteiger partial charge on any atom is 0.0468 e. The van der Waals surface area contributed by atoms with Crippen molar-refractivity contribution in [3.63, 3.8) is 0 Å². The SMILES string of the molecule is CC1(C)c2ccccc2-c2ccc(N(c3ccc(-c4cc(-c5ccccc5)c(-c5ccc(N(c6ccccc6)c6ccc(-c7ccccc7)cc6)cc5)cc4-c4ccccc4)cc3)c3ccc4ccccc4c3)cc21. The predicted octanol–water partition coefficient (Wildman–Crippen LogP) is 20.4. The molecule has 0 atom stereocenters. The van der Waals surface area contributed by atoms with Gasteiger partial charge in [0.25, 0.3) is 0 Å². The maximum atomic E-state index is 2.43. The number of benzene rings is 12. The van der Waals surface area contributed by atoms with Crippen LogP contribution in [0.2, 0.25) is 0 Å². The summed E-state index contributed by atoms with van der Waals surface area (Å²) in [5.74, 6) is 0. The molecule has 0 bridgehead atoms. The van der Waals surface area contributed by atoms with E-state index in [-0.39, 0.29) is 5.41 Å². The molecule has 0 amide bonds. The van der Waals surface area contributed by atoms with E-state index >= 15 is 0 Å². The Morgan fingerprint density at radius 2 is 0.560 bits per heavy atom. The van der Waals surface area contributed by atoms with E-state index in [0.717, 1.165) is 45.3 Å². The fourth-order valence-electron chi connectivity index (χ4n) is 11.4. The highest BCUT2D eigenvalue weighted by Gasteiger charge is 2.36. The Morgan fingerprint density at radius 3 is 1.11 bits per heavy atom. The molecule has 12 aromatic carbocycles. The molecule has 0 aliphatic heterocycles. The lowest BCUT2D eigenvalue weighted by Crippen LogP contribution is -2.16. The van der Waals surface area contributed by atoms with Crippen LogP contribution in [0, 0.1) is 0 Å². The summed E-state index contributed by atoms with van der Waals surface area (Å²) in [4.78, 5) is 4.76. The molecule has 75 heavy (non-hydrogen) atoms. The summed E-state index contributed by atoms with van der Waals surface area (Å²) in [6.07, 6.45) is 0. The number of rotatable bonds is 11. The van der Waals surface area contributed by atoms with Crippen molar-refractivity contribution in [2.24, 2.45) is 0 Å². The van der Waals surface area contributed by atoms with Gasteiger partial charge in [-0.3, -0.25) is 0 Å². The summed E-state index contributed by atoms with van der Waals surface area (Å²) >= 11 is 0. The van der Waals surface area contributed by atoms with Gasteiger partial charge in [0.05, 0.1) is 0 Å². The maximum absolute atomic E-state index is 2.43. The van der Waals surface area contributed by atoms with Gasteiger partial charge in [-0.2, -0.15) is 0 Å². The summed E-state index contributed by atoms with van der Waals surface area (Å²) < 4.78 is 0. The lowest BCUT2D eigenvalue weighted by molar-refractivity contribution is 0.660. The minimum absolute atomic E-state index is 0.127. The Bertz CT molecular complexity index is 3980. The van der Waals surface area contributed by atoms with E-state index in [0.29, 0.717) is 0 Å². The largest absolute Gasteiger partial charge is 0.311 e. The second kappa shape index (κ2) is 19.2. The second-order valence-corrected chi connectivity index (χ2v) is 20.1. The van der Waals surface area contributed by atoms with E-state index in [9.17, 15) is 0 Å². The Hall–Kier alpha value is -9.50. The smallest absolute Gasteiger partial charge is 0.0468 e. The van der Waals surface area contributed by atoms with E-state index in [1.807, 2.05) is 0 Å². The Morgan fingerprint density at radius 1 is 0.213 bits per heavy atom. The van der Waals surface area contributed by atoms with Gasteiger partial charge in [-0.25, -0.2) is 0 Å². The summed E-state index contributed by atoms with van der Waals surface area (Å²) in [6.45, 7) is 4.72. The van der Waals surface area contributed by atoms with Crippen LogP contribution in [0.15, 0.2) is 291 Å². The summed E-state index contributed by atoms with van der Waals surface area (Å²) in [6, 6.07) is 106. The van der Waals surface area contributed by atoms with Crippen LogP contribution in [0.4, 0.5) is 34.1 Å². The van der Waals surface area contributed by atoms with E-state index < -0.39 is 0 Å². The van der Waals surface area contributed by atoms with Crippen molar-refractivity contribution >= 4 is 44.9 Å². The highest BCUT2D eigenvalue weighted by Crippen LogP contribution is 2.51. The zero-order chi connectivity index (χ0) is 50.3. The van der Waals surface area contributed by atoms with Gasteiger partial charge in [-0.1, -0.05) is 220 Å². The van der Waals surface area contributed by atoms with Crippen LogP contribution >= 0.6 is 0 Å². The molecule has 0 spiro atoms. The monoisotopic (exact) mass is 958 g/mol. The van der Waals surface area contributed by atoms with Crippen molar-refractivity contribution in [1.29, 1.82) is 0 Å². The molecule has 1 aliphatic rings. The Balaban J connectivity index is 0.918. The molecular formula is C73H54N2. The molecular weight excluding hydrogens is 905 g/mol. The normalized spacial score (nSPS) is 12.2. The quantitative estimate of drug-likeness (QED) is 0.127. The van der Waals surface area contributed by atoms with E-state index in [2.05, 4.69) is 315 Å². The molecule has 0 unspecified atom stereocenters. The number of fused-ring (bicyclic) bond motifs is 4. The van der Waals surface area contributed by atoms with Gasteiger partial charge >= 0.3 is 0 Å². The number of para-hydroxylation sites is 1. The molecule has 0 saturated heterocycles. The van der Waals surface area contributed by atoms with Gasteiger partial charge in [0, 0.05) is 39.5 Å². The standard InChI is InChI=1S/C73H54N2/c1-73(2)71-30-18-17-29-65(71)66-46-45-64(48-72(66)73)75(63-44-33-52-21-15-16-26-58(52)47-63)62-42-36-57(37-43-62)70-50-67(54-22-9-4-10-23-54)69(49-68(70)55-24-11-5-12-25-55)56-34-40-61(41-35-56)74(59-27-13-6-14-28-59)60-38-31-53(32-39-60)51-19-7-3-8-20-51/h3-50H,1-2H3. The van der Waals surface area contributed by atoms with Crippen LogP contribution in [-0.2, 0) is 5.41 Å². The topological polar surface area (TPSA) is 6.48 Å². The zero-order valence-corrected chi connectivity index (χ0v) is 42.1. The van der Waals surface area contributed by atoms with Crippen LogP contribution in [0.3, 0.4) is 0 Å². The third kappa shape index (κ3) is 8.47. The number of hydrogen-bond donors (Lipinski definition) is 0. The molecule has 0 radical (unpaired) electrons. The molecule has 0 saturated carbocycles. The first-order chi connectivity index (χ1) is 36.9. The lowest BCUT2D eigenvalue weighted by atomic mass is 9.82. The van der Waals surface area contributed by atoms with Gasteiger partial charge < -0.3 is 9.80 Å². The fraction of sp³-hybridized carbons (Fsp3) is 0.0411. The molecule has 0 fully saturated rings. The molecule has 0 N–H and O–H groups in total. The first kappa shape index (κ1) is 45.4. The van der Waals surface area contributed by atoms with Crippen molar-refractivity contribution < 1.29 is 0 Å². The van der Waals surface area contributed by atoms with Crippen LogP contribution < -0.4 is 9.80 Å². The van der Waals surface area contributed by atoms with E-state index in [1.165, 1.54) is 77.5 Å². The third-order valence-corrected chi connectivity index (χ3v) is 15.3. The van der Waals surface area contributed by atoms with Crippen LogP contribution in [0.25, 0.3) is 77.5 Å². The van der Waals surface area contributed by atoms with Gasteiger partial charge in [0.15, 0.2) is 0 Å². The molecule has 0 heterocycles. The van der Waals surface area contributed by atoms with Crippen molar-refractivity contribution in [2.75, 3.05) is 9.80 Å². The van der Waals surface area contributed by atoms with E-state index in [4.69, 9.17) is 0 Å². The highest BCUT2D eigenvalue weighted by atomic mass is 15.1. The molecule has 12 aromatic rings. The van der Waals surface area contributed by atoms with Gasteiger partial charge in [0.1, 0.15) is 0 Å². The summed E-state index contributed by atoms with van der Waals surface area (Å²) in [5.41, 5.74) is 23.6.